The van der Waals surface area contributed by atoms with E-state index in [-0.39, 0.29) is 5.54 Å². The first-order chi connectivity index (χ1) is 12.2. The topological polar surface area (TPSA) is 17.0 Å². The summed E-state index contributed by atoms with van der Waals surface area (Å²) in [5, 5.41) is 3.73. The Morgan fingerprint density at radius 2 is 1.69 bits per heavy atom. The molecule has 0 aliphatic carbocycles. The van der Waals surface area contributed by atoms with Crippen molar-refractivity contribution >= 4 is 29.4 Å². The van der Waals surface area contributed by atoms with Gasteiger partial charge in [0, 0.05) is 16.8 Å². The summed E-state index contributed by atoms with van der Waals surface area (Å²) >= 11 is 7.77. The minimum absolute atomic E-state index is 0.148. The van der Waals surface area contributed by atoms with Crippen molar-refractivity contribution in [3.63, 3.8) is 0 Å². The molecular weight excluding hydrogens is 356 g/mol. The Bertz CT molecular complexity index is 1100. The zero-order chi connectivity index (χ0) is 18.8. The predicted molar refractivity (Wildman–Crippen MR) is 116 cm³/mol. The van der Waals surface area contributed by atoms with E-state index in [1.165, 1.54) is 49.6 Å². The average molecular weight is 381 g/mol. The summed E-state index contributed by atoms with van der Waals surface area (Å²) in [7, 11) is 0. The number of aryl methyl sites for hydroxylation is 3. The van der Waals surface area contributed by atoms with E-state index in [0.717, 1.165) is 4.64 Å². The Morgan fingerprint density at radius 1 is 1.00 bits per heavy atom. The maximum Gasteiger partial charge on any atom is 0.129 e. The Hall–Kier alpha value is -1.91. The Morgan fingerprint density at radius 3 is 2.42 bits per heavy atom. The van der Waals surface area contributed by atoms with Crippen LogP contribution in [0.25, 0.3) is 16.8 Å². The van der Waals surface area contributed by atoms with Crippen LogP contribution in [0.3, 0.4) is 0 Å². The number of hydrogen-bond donors (Lipinski definition) is 1. The highest BCUT2D eigenvalue weighted by Gasteiger charge is 2.35. The van der Waals surface area contributed by atoms with Crippen molar-refractivity contribution in [1.29, 1.82) is 0 Å². The van der Waals surface area contributed by atoms with Crippen LogP contribution in [0.2, 0.25) is 0 Å². The van der Waals surface area contributed by atoms with Crippen molar-refractivity contribution < 1.29 is 0 Å². The molecule has 0 saturated heterocycles. The molecule has 0 amide bonds. The second-order valence-electron chi connectivity index (χ2n) is 7.85. The van der Waals surface area contributed by atoms with Crippen molar-refractivity contribution in [1.82, 2.24) is 3.96 Å². The van der Waals surface area contributed by atoms with Gasteiger partial charge in [-0.1, -0.05) is 35.9 Å². The van der Waals surface area contributed by atoms with Crippen LogP contribution in [-0.2, 0) is 5.54 Å². The third-order valence-corrected chi connectivity index (χ3v) is 7.48. The van der Waals surface area contributed by atoms with Gasteiger partial charge in [-0.05, 0) is 82.0 Å². The van der Waals surface area contributed by atoms with Crippen LogP contribution in [0.15, 0.2) is 30.3 Å². The van der Waals surface area contributed by atoms with Gasteiger partial charge < -0.3 is 5.32 Å². The van der Waals surface area contributed by atoms with Crippen molar-refractivity contribution in [2.75, 3.05) is 5.32 Å². The van der Waals surface area contributed by atoms with Crippen LogP contribution >= 0.6 is 23.8 Å². The Kier molecular flexibility index (Phi) is 3.90. The van der Waals surface area contributed by atoms with Crippen LogP contribution in [0.5, 0.6) is 0 Å². The number of nitrogens with zero attached hydrogens (tertiary/aromatic N) is 1. The molecule has 0 bridgehead atoms. The number of benzene rings is 2. The molecule has 26 heavy (non-hydrogen) atoms. The van der Waals surface area contributed by atoms with Gasteiger partial charge in [0.2, 0.25) is 0 Å². The lowest BCUT2D eigenvalue weighted by molar-refractivity contribution is 0.619. The monoisotopic (exact) mass is 380 g/mol. The standard InChI is InChI=1S/C22H24N2S2/c1-12-8-7-9-18(15(12)4)24-21(25)19-16-10-13(2)14(3)11-17(16)23-22(5,6)20(19)26-24/h7-11,23H,1-6H3. The maximum atomic E-state index is 6.00. The van der Waals surface area contributed by atoms with Crippen LogP contribution in [0.4, 0.5) is 5.69 Å². The van der Waals surface area contributed by atoms with Gasteiger partial charge in [-0.15, -0.1) is 0 Å². The zero-order valence-corrected chi connectivity index (χ0v) is 17.8. The lowest BCUT2D eigenvalue weighted by Gasteiger charge is -2.33. The van der Waals surface area contributed by atoms with Crippen LogP contribution in [0.1, 0.15) is 41.0 Å². The molecule has 2 aromatic carbocycles. The van der Waals surface area contributed by atoms with Gasteiger partial charge in [-0.25, -0.2) is 0 Å². The summed E-state index contributed by atoms with van der Waals surface area (Å²) < 4.78 is 3.15. The third kappa shape index (κ3) is 2.47. The molecule has 0 saturated carbocycles. The Balaban J connectivity index is 2.06. The van der Waals surface area contributed by atoms with Gasteiger partial charge in [-0.3, -0.25) is 3.96 Å². The molecule has 3 aromatic rings. The molecule has 4 rings (SSSR count). The minimum Gasteiger partial charge on any atom is -0.375 e. The molecule has 134 valence electrons. The first-order valence-electron chi connectivity index (χ1n) is 8.94. The summed E-state index contributed by atoms with van der Waals surface area (Å²) in [6.45, 7) is 13.1. The second kappa shape index (κ2) is 5.80. The number of rotatable bonds is 1. The zero-order valence-electron chi connectivity index (χ0n) is 16.2. The molecule has 4 heteroatoms. The van der Waals surface area contributed by atoms with Crippen molar-refractivity contribution in [2.45, 2.75) is 47.1 Å². The fourth-order valence-corrected chi connectivity index (χ4v) is 5.39. The highest BCUT2D eigenvalue weighted by atomic mass is 32.1. The molecule has 0 fully saturated rings. The number of fused-ring (bicyclic) bond motifs is 3. The number of hydrogen-bond acceptors (Lipinski definition) is 3. The van der Waals surface area contributed by atoms with E-state index >= 15 is 0 Å². The number of aromatic nitrogens is 1. The lowest BCUT2D eigenvalue weighted by Crippen LogP contribution is -2.30. The Labute approximate surface area is 164 Å². The summed E-state index contributed by atoms with van der Waals surface area (Å²) in [6, 6.07) is 11.0. The van der Waals surface area contributed by atoms with E-state index < -0.39 is 0 Å². The van der Waals surface area contributed by atoms with E-state index in [2.05, 4.69) is 81.1 Å². The highest BCUT2D eigenvalue weighted by molar-refractivity contribution is 7.71. The van der Waals surface area contributed by atoms with Crippen molar-refractivity contribution in [3.8, 4) is 16.8 Å². The van der Waals surface area contributed by atoms with Crippen LogP contribution < -0.4 is 5.32 Å². The molecule has 1 aromatic heterocycles. The average Bonchev–Trinajstić information content (AvgIpc) is 2.91. The van der Waals surface area contributed by atoms with E-state index in [1.54, 1.807) is 11.5 Å². The lowest BCUT2D eigenvalue weighted by atomic mass is 9.88. The van der Waals surface area contributed by atoms with E-state index in [9.17, 15) is 0 Å². The molecule has 1 aliphatic rings. The van der Waals surface area contributed by atoms with Crippen LogP contribution in [0, 0.1) is 32.3 Å². The maximum absolute atomic E-state index is 6.00. The highest BCUT2D eigenvalue weighted by Crippen LogP contribution is 2.48. The van der Waals surface area contributed by atoms with Gasteiger partial charge in [0.05, 0.1) is 16.1 Å². The third-order valence-electron chi connectivity index (χ3n) is 5.52. The molecule has 0 radical (unpaired) electrons. The number of anilines is 1. The summed E-state index contributed by atoms with van der Waals surface area (Å²) in [6.07, 6.45) is 0. The first-order valence-corrected chi connectivity index (χ1v) is 10.1. The molecule has 2 nitrogen and oxygen atoms in total. The fourth-order valence-electron chi connectivity index (χ4n) is 3.68. The molecule has 1 aliphatic heterocycles. The van der Waals surface area contributed by atoms with E-state index in [0.29, 0.717) is 0 Å². The van der Waals surface area contributed by atoms with E-state index in [1.807, 2.05) is 0 Å². The van der Waals surface area contributed by atoms with Crippen LogP contribution in [-0.4, -0.2) is 3.96 Å². The van der Waals surface area contributed by atoms with Gasteiger partial charge in [0.15, 0.2) is 0 Å². The van der Waals surface area contributed by atoms with Gasteiger partial charge in [0.25, 0.3) is 0 Å². The predicted octanol–water partition coefficient (Wildman–Crippen LogP) is 6.83. The molecule has 1 N–H and O–H groups in total. The quantitative estimate of drug-likeness (QED) is 0.466. The van der Waals surface area contributed by atoms with Crippen molar-refractivity contribution in [3.05, 3.63) is 62.1 Å². The first kappa shape index (κ1) is 17.5. The smallest absolute Gasteiger partial charge is 0.129 e. The normalized spacial score (nSPS) is 14.5. The van der Waals surface area contributed by atoms with Gasteiger partial charge >= 0.3 is 0 Å². The van der Waals surface area contributed by atoms with Gasteiger partial charge in [0.1, 0.15) is 4.64 Å². The minimum atomic E-state index is -0.148. The van der Waals surface area contributed by atoms with E-state index in [4.69, 9.17) is 12.2 Å². The largest absolute Gasteiger partial charge is 0.375 e. The molecular formula is C22H24N2S2. The molecule has 0 spiro atoms. The molecule has 0 unspecified atom stereocenters. The summed E-state index contributed by atoms with van der Waals surface area (Å²) in [4.78, 5) is 1.30. The van der Waals surface area contributed by atoms with Gasteiger partial charge in [-0.2, -0.15) is 0 Å². The van der Waals surface area contributed by atoms with Crippen molar-refractivity contribution in [2.24, 2.45) is 0 Å². The second-order valence-corrected chi connectivity index (χ2v) is 9.19. The SMILES string of the molecule is Cc1cc2c(cc1C)-c1c(sn(-c3cccc(C)c3C)c1=S)C(C)(C)N2. The molecule has 0 atom stereocenters. The summed E-state index contributed by atoms with van der Waals surface area (Å²) in [5.41, 5.74) is 9.85. The molecule has 2 heterocycles. The summed E-state index contributed by atoms with van der Waals surface area (Å²) in [5.74, 6) is 0. The number of nitrogens with one attached hydrogen (secondary N) is 1. The fraction of sp³-hybridized carbons (Fsp3) is 0.318.